The van der Waals surface area contributed by atoms with Crippen LogP contribution in [0, 0.1) is 0 Å². The Hall–Kier alpha value is -3.73. The number of fused-ring (bicyclic) bond motifs is 1. The normalized spacial score (nSPS) is 23.2. The predicted octanol–water partition coefficient (Wildman–Crippen LogP) is 4.04. The number of hydrogen-bond acceptors (Lipinski definition) is 9. The highest BCUT2D eigenvalue weighted by atomic mass is 35.5. The fraction of sp³-hybridized carbons (Fsp3) is 0.240. The van der Waals surface area contributed by atoms with Crippen LogP contribution in [0.4, 0.5) is 5.95 Å². The standard InChI is InChI=1S/C25H21Cl2N5O5/c1-25(27)18(37-22(34)15-10-6-3-7-11-15)16(12-35-21(33)14-8-4-2-5-9-14)36-23(25)32-13-29-17-19(26)30-24(28)31-20(17)32/h2-11,13,16,18,23H,12H2,1H3,(H2,28,30,31)/t16-,18-,23+,25-/m1/s1. The van der Waals surface area contributed by atoms with E-state index >= 15 is 0 Å². The quantitative estimate of drug-likeness (QED) is 0.218. The van der Waals surface area contributed by atoms with Crippen LogP contribution in [0.3, 0.4) is 0 Å². The van der Waals surface area contributed by atoms with Gasteiger partial charge in [-0.15, -0.1) is 11.6 Å². The third-order valence-corrected chi connectivity index (χ3v) is 6.63. The number of nitrogens with two attached hydrogens (primary N) is 1. The second-order valence-electron chi connectivity index (χ2n) is 8.53. The summed E-state index contributed by atoms with van der Waals surface area (Å²) in [7, 11) is 0. The first kappa shape index (κ1) is 24.9. The summed E-state index contributed by atoms with van der Waals surface area (Å²) in [5.41, 5.74) is 7.07. The zero-order valence-electron chi connectivity index (χ0n) is 19.5. The van der Waals surface area contributed by atoms with Crippen LogP contribution < -0.4 is 5.73 Å². The van der Waals surface area contributed by atoms with Crippen molar-refractivity contribution in [1.29, 1.82) is 0 Å². The van der Waals surface area contributed by atoms with Gasteiger partial charge in [0, 0.05) is 0 Å². The van der Waals surface area contributed by atoms with E-state index in [-0.39, 0.29) is 23.4 Å². The molecule has 2 aromatic heterocycles. The van der Waals surface area contributed by atoms with E-state index in [2.05, 4.69) is 15.0 Å². The number of nitrogens with zero attached hydrogens (tertiary/aromatic N) is 4. The number of aromatic nitrogens is 4. The fourth-order valence-electron chi connectivity index (χ4n) is 4.17. The molecule has 0 radical (unpaired) electrons. The maximum Gasteiger partial charge on any atom is 0.338 e. The number of alkyl halides is 1. The first-order valence-corrected chi connectivity index (χ1v) is 12.0. The van der Waals surface area contributed by atoms with E-state index < -0.39 is 35.2 Å². The Morgan fingerprint density at radius 2 is 1.68 bits per heavy atom. The molecule has 0 aliphatic carbocycles. The van der Waals surface area contributed by atoms with E-state index in [1.54, 1.807) is 67.6 Å². The smallest absolute Gasteiger partial charge is 0.338 e. The van der Waals surface area contributed by atoms with Gasteiger partial charge >= 0.3 is 11.9 Å². The molecule has 0 unspecified atom stereocenters. The molecule has 2 aromatic carbocycles. The van der Waals surface area contributed by atoms with Crippen LogP contribution in [0.1, 0.15) is 33.9 Å². The van der Waals surface area contributed by atoms with E-state index in [1.165, 1.54) is 10.9 Å². The number of benzene rings is 2. The molecule has 12 heteroatoms. The van der Waals surface area contributed by atoms with Crippen molar-refractivity contribution in [3.05, 3.63) is 83.3 Å². The zero-order chi connectivity index (χ0) is 26.2. The molecule has 5 rings (SSSR count). The number of halogens is 2. The van der Waals surface area contributed by atoms with Gasteiger partial charge in [0.15, 0.2) is 23.1 Å². The molecule has 4 atom stereocenters. The van der Waals surface area contributed by atoms with Crippen molar-refractivity contribution in [2.45, 2.75) is 30.2 Å². The molecule has 0 bridgehead atoms. The van der Waals surface area contributed by atoms with Gasteiger partial charge in [0.05, 0.1) is 17.5 Å². The van der Waals surface area contributed by atoms with Crippen molar-refractivity contribution >= 4 is 52.3 Å². The minimum Gasteiger partial charge on any atom is -0.459 e. The van der Waals surface area contributed by atoms with Crippen LogP contribution in [0.15, 0.2) is 67.0 Å². The molecule has 10 nitrogen and oxygen atoms in total. The van der Waals surface area contributed by atoms with Crippen LogP contribution >= 0.6 is 23.2 Å². The van der Waals surface area contributed by atoms with Crippen molar-refractivity contribution in [2.24, 2.45) is 0 Å². The first-order chi connectivity index (χ1) is 17.8. The Kier molecular flexibility index (Phi) is 6.72. The highest BCUT2D eigenvalue weighted by molar-refractivity contribution is 6.33. The van der Waals surface area contributed by atoms with E-state index in [0.717, 1.165) is 0 Å². The largest absolute Gasteiger partial charge is 0.459 e. The number of carbonyl (C=O) groups excluding carboxylic acids is 2. The van der Waals surface area contributed by atoms with Gasteiger partial charge in [-0.25, -0.2) is 14.6 Å². The van der Waals surface area contributed by atoms with Gasteiger partial charge in [0.2, 0.25) is 5.95 Å². The van der Waals surface area contributed by atoms with E-state index in [9.17, 15) is 9.59 Å². The predicted molar refractivity (Wildman–Crippen MR) is 135 cm³/mol. The Morgan fingerprint density at radius 3 is 2.32 bits per heavy atom. The van der Waals surface area contributed by atoms with Gasteiger partial charge in [0.25, 0.3) is 0 Å². The topological polar surface area (TPSA) is 131 Å². The number of esters is 2. The lowest BCUT2D eigenvalue weighted by molar-refractivity contribution is -0.0565. The molecule has 0 amide bonds. The molecule has 0 saturated carbocycles. The van der Waals surface area contributed by atoms with Crippen molar-refractivity contribution < 1.29 is 23.8 Å². The number of rotatable bonds is 6. The number of anilines is 1. The molecule has 4 aromatic rings. The minimum absolute atomic E-state index is 0.0612. The summed E-state index contributed by atoms with van der Waals surface area (Å²) in [4.78, 5) is 36.6. The molecule has 190 valence electrons. The maximum atomic E-state index is 13.0. The zero-order valence-corrected chi connectivity index (χ0v) is 21.0. The van der Waals surface area contributed by atoms with Gasteiger partial charge in [-0.1, -0.05) is 48.0 Å². The van der Waals surface area contributed by atoms with Gasteiger partial charge < -0.3 is 19.9 Å². The van der Waals surface area contributed by atoms with E-state index in [1.807, 2.05) is 0 Å². The molecule has 1 fully saturated rings. The molecule has 1 aliphatic heterocycles. The van der Waals surface area contributed by atoms with Crippen LogP contribution in [-0.4, -0.2) is 55.1 Å². The van der Waals surface area contributed by atoms with Crippen molar-refractivity contribution in [1.82, 2.24) is 19.5 Å². The molecule has 0 spiro atoms. The van der Waals surface area contributed by atoms with Crippen molar-refractivity contribution in [3.8, 4) is 0 Å². The summed E-state index contributed by atoms with van der Waals surface area (Å²) in [5, 5.41) is 0.0657. The summed E-state index contributed by atoms with van der Waals surface area (Å²) in [6.07, 6.45) is -1.45. The average Bonchev–Trinajstić information content (AvgIpc) is 3.41. The van der Waals surface area contributed by atoms with Gasteiger partial charge in [0.1, 0.15) is 23.1 Å². The van der Waals surface area contributed by atoms with Crippen molar-refractivity contribution in [2.75, 3.05) is 12.3 Å². The third kappa shape index (κ3) is 4.83. The first-order valence-electron chi connectivity index (χ1n) is 11.2. The van der Waals surface area contributed by atoms with E-state index in [0.29, 0.717) is 16.6 Å². The third-order valence-electron chi connectivity index (χ3n) is 5.96. The Bertz CT molecular complexity index is 1450. The van der Waals surface area contributed by atoms with Crippen molar-refractivity contribution in [3.63, 3.8) is 0 Å². The molecule has 1 saturated heterocycles. The summed E-state index contributed by atoms with van der Waals surface area (Å²) in [6.45, 7) is 1.42. The van der Waals surface area contributed by atoms with Crippen LogP contribution in [-0.2, 0) is 14.2 Å². The summed E-state index contributed by atoms with van der Waals surface area (Å²) in [6, 6.07) is 17.0. The van der Waals surface area contributed by atoms with Gasteiger partial charge in [-0.2, -0.15) is 9.97 Å². The lowest BCUT2D eigenvalue weighted by Crippen LogP contribution is -2.43. The van der Waals surface area contributed by atoms with E-state index in [4.69, 9.17) is 43.1 Å². The lowest BCUT2D eigenvalue weighted by atomic mass is 10.0. The molecular weight excluding hydrogens is 521 g/mol. The maximum absolute atomic E-state index is 13.0. The minimum atomic E-state index is -1.34. The molecule has 2 N–H and O–H groups in total. The highest BCUT2D eigenvalue weighted by Crippen LogP contribution is 2.46. The molecule has 3 heterocycles. The number of carbonyl (C=O) groups is 2. The van der Waals surface area contributed by atoms with Crippen LogP contribution in [0.2, 0.25) is 5.15 Å². The SMILES string of the molecule is C[C@@]1(Cl)[C@H](OC(=O)c2ccccc2)[C@@H](COC(=O)c2ccccc2)O[C@@H]1n1cnc2c(Cl)nc(N)nc21. The average molecular weight is 542 g/mol. The van der Waals surface area contributed by atoms with Gasteiger partial charge in [-0.3, -0.25) is 4.57 Å². The summed E-state index contributed by atoms with van der Waals surface area (Å²) < 4.78 is 19.1. The van der Waals surface area contributed by atoms with Crippen LogP contribution in [0.5, 0.6) is 0 Å². The second kappa shape index (κ2) is 9.97. The fourth-order valence-corrected chi connectivity index (χ4v) is 4.73. The Morgan fingerprint density at radius 1 is 1.05 bits per heavy atom. The molecule has 1 aliphatic rings. The summed E-state index contributed by atoms with van der Waals surface area (Å²) >= 11 is 13.2. The Labute approximate surface area is 221 Å². The molecular formula is C25H21Cl2N5O5. The number of hydrogen-bond donors (Lipinski definition) is 1. The number of ether oxygens (including phenoxy) is 3. The number of imidazole rings is 1. The second-order valence-corrected chi connectivity index (χ2v) is 9.70. The Balaban J connectivity index is 1.47. The highest BCUT2D eigenvalue weighted by Gasteiger charge is 2.57. The molecule has 37 heavy (non-hydrogen) atoms. The number of nitrogen functional groups attached to an aromatic ring is 1. The van der Waals surface area contributed by atoms with Gasteiger partial charge in [-0.05, 0) is 31.2 Å². The monoisotopic (exact) mass is 541 g/mol. The summed E-state index contributed by atoms with van der Waals surface area (Å²) in [5.74, 6) is -1.22. The van der Waals surface area contributed by atoms with Crippen LogP contribution in [0.25, 0.3) is 11.2 Å². The lowest BCUT2D eigenvalue weighted by Gasteiger charge is -2.29.